The number of carboxylic acid groups (broad SMARTS) is 1. The van der Waals surface area contributed by atoms with Crippen molar-refractivity contribution >= 4 is 21.6 Å². The molecule has 0 spiro atoms. The van der Waals surface area contributed by atoms with Crippen LogP contribution in [0, 0.1) is 0 Å². The molecule has 23 heavy (non-hydrogen) atoms. The molecule has 1 aromatic carbocycles. The van der Waals surface area contributed by atoms with Crippen LogP contribution >= 0.6 is 0 Å². The number of rotatable bonds is 4. The van der Waals surface area contributed by atoms with E-state index in [9.17, 15) is 23.1 Å². The summed E-state index contributed by atoms with van der Waals surface area (Å²) in [5, 5.41) is 9.19. The summed E-state index contributed by atoms with van der Waals surface area (Å²) in [6.45, 7) is 0.464. The van der Waals surface area contributed by atoms with Crippen molar-refractivity contribution in [1.29, 1.82) is 0 Å². The molecule has 0 saturated heterocycles. The number of sulfone groups is 1. The summed E-state index contributed by atoms with van der Waals surface area (Å²) < 4.78 is 24.9. The molecule has 0 radical (unpaired) electrons. The van der Waals surface area contributed by atoms with Crippen molar-refractivity contribution in [3.63, 3.8) is 0 Å². The summed E-state index contributed by atoms with van der Waals surface area (Å²) in [5.41, 5.74) is 1.27. The summed E-state index contributed by atoms with van der Waals surface area (Å²) in [6.07, 6.45) is 1.54. The van der Waals surface area contributed by atoms with Gasteiger partial charge in [-0.1, -0.05) is 12.1 Å². The molecule has 0 aliphatic carbocycles. The van der Waals surface area contributed by atoms with Gasteiger partial charge in [-0.25, -0.2) is 8.42 Å². The molecule has 1 aliphatic rings. The molecular formula is C16H15NO5S. The van der Waals surface area contributed by atoms with E-state index in [1.165, 1.54) is 18.2 Å². The number of benzene rings is 1. The summed E-state index contributed by atoms with van der Waals surface area (Å²) in [7, 11) is -3.40. The molecule has 0 fully saturated rings. The van der Waals surface area contributed by atoms with Crippen LogP contribution in [0.5, 0.6) is 0 Å². The number of aromatic nitrogens is 1. The van der Waals surface area contributed by atoms with Crippen molar-refractivity contribution in [2.75, 3.05) is 6.26 Å². The van der Waals surface area contributed by atoms with E-state index in [0.29, 0.717) is 24.4 Å². The Bertz CT molecular complexity index is 910. The Morgan fingerprint density at radius 1 is 1.22 bits per heavy atom. The lowest BCUT2D eigenvalue weighted by molar-refractivity contribution is -0.138. The van der Waals surface area contributed by atoms with Gasteiger partial charge in [0.05, 0.1) is 16.5 Å². The third-order valence-electron chi connectivity index (χ3n) is 4.07. The van der Waals surface area contributed by atoms with E-state index in [1.54, 1.807) is 22.8 Å². The van der Waals surface area contributed by atoms with Crippen molar-refractivity contribution < 1.29 is 23.1 Å². The average Bonchev–Trinajstić information content (AvgIpc) is 3.06. The Labute approximate surface area is 133 Å². The van der Waals surface area contributed by atoms with Crippen molar-refractivity contribution in [2.24, 2.45) is 0 Å². The highest BCUT2D eigenvalue weighted by Crippen LogP contribution is 2.31. The molecule has 0 bridgehead atoms. The maximum absolute atomic E-state index is 12.7. The molecule has 1 atom stereocenters. The number of ketones is 1. The normalized spacial score (nSPS) is 17.0. The number of carboxylic acids is 1. The Hall–Kier alpha value is -2.41. The minimum atomic E-state index is -3.40. The highest BCUT2D eigenvalue weighted by molar-refractivity contribution is 7.90. The van der Waals surface area contributed by atoms with Gasteiger partial charge >= 0.3 is 5.97 Å². The van der Waals surface area contributed by atoms with Gasteiger partial charge in [0.1, 0.15) is 0 Å². The van der Waals surface area contributed by atoms with Gasteiger partial charge in [-0.05, 0) is 30.7 Å². The van der Waals surface area contributed by atoms with Crippen LogP contribution in [0.4, 0.5) is 0 Å². The van der Waals surface area contributed by atoms with Crippen LogP contribution < -0.4 is 0 Å². The van der Waals surface area contributed by atoms with Gasteiger partial charge in [-0.2, -0.15) is 0 Å². The maximum Gasteiger partial charge on any atom is 0.312 e. The Morgan fingerprint density at radius 3 is 2.61 bits per heavy atom. The largest absolute Gasteiger partial charge is 0.481 e. The standard InChI is InChI=1S/C16H15NO5S/c1-23(21,22)11-4-2-3-10(9-11)15(18)14-6-5-13-12(16(19)20)7-8-17(13)14/h2-6,9,12H,7-8H2,1H3,(H,19,20). The molecule has 2 heterocycles. The second kappa shape index (κ2) is 5.34. The van der Waals surface area contributed by atoms with E-state index < -0.39 is 21.7 Å². The van der Waals surface area contributed by atoms with Gasteiger partial charge in [-0.15, -0.1) is 0 Å². The molecule has 1 N–H and O–H groups in total. The fourth-order valence-electron chi connectivity index (χ4n) is 2.91. The molecule has 1 aliphatic heterocycles. The number of carbonyl (C=O) groups is 2. The lowest BCUT2D eigenvalue weighted by Gasteiger charge is -2.07. The van der Waals surface area contributed by atoms with Gasteiger partial charge in [0.15, 0.2) is 9.84 Å². The molecule has 0 saturated carbocycles. The molecule has 1 aromatic heterocycles. The molecule has 0 amide bonds. The molecule has 7 heteroatoms. The minimum absolute atomic E-state index is 0.0833. The fraction of sp³-hybridized carbons (Fsp3) is 0.250. The highest BCUT2D eigenvalue weighted by atomic mass is 32.2. The molecule has 2 aromatic rings. The monoisotopic (exact) mass is 333 g/mol. The third kappa shape index (κ3) is 2.68. The SMILES string of the molecule is CS(=O)(=O)c1cccc(C(=O)c2ccc3n2CCC3C(=O)O)c1. The van der Waals surface area contributed by atoms with E-state index in [4.69, 9.17) is 0 Å². The van der Waals surface area contributed by atoms with E-state index in [1.807, 2.05) is 0 Å². The molecule has 1 unspecified atom stereocenters. The van der Waals surface area contributed by atoms with E-state index >= 15 is 0 Å². The van der Waals surface area contributed by atoms with E-state index in [-0.39, 0.29) is 16.2 Å². The zero-order chi connectivity index (χ0) is 16.8. The lowest BCUT2D eigenvalue weighted by Crippen LogP contribution is -2.10. The van der Waals surface area contributed by atoms with Gasteiger partial charge in [0.25, 0.3) is 0 Å². The maximum atomic E-state index is 12.7. The van der Waals surface area contributed by atoms with Crippen LogP contribution in [0.2, 0.25) is 0 Å². The van der Waals surface area contributed by atoms with Crippen LogP contribution in [-0.4, -0.2) is 36.1 Å². The van der Waals surface area contributed by atoms with E-state index in [0.717, 1.165) is 6.26 Å². The summed E-state index contributed by atoms with van der Waals surface area (Å²) >= 11 is 0. The number of hydrogen-bond donors (Lipinski definition) is 1. The third-order valence-corrected chi connectivity index (χ3v) is 5.18. The van der Waals surface area contributed by atoms with Crippen LogP contribution in [-0.2, 0) is 21.2 Å². The highest BCUT2D eigenvalue weighted by Gasteiger charge is 2.31. The number of carbonyl (C=O) groups excluding carboxylic acids is 1. The quantitative estimate of drug-likeness (QED) is 0.860. The lowest BCUT2D eigenvalue weighted by atomic mass is 10.1. The Kier molecular flexibility index (Phi) is 3.60. The van der Waals surface area contributed by atoms with Crippen molar-refractivity contribution in [1.82, 2.24) is 4.57 Å². The molecular weight excluding hydrogens is 318 g/mol. The zero-order valence-electron chi connectivity index (χ0n) is 12.4. The van der Waals surface area contributed by atoms with Gasteiger partial charge < -0.3 is 9.67 Å². The summed E-state index contributed by atoms with van der Waals surface area (Å²) in [5.74, 6) is -1.81. The van der Waals surface area contributed by atoms with Gasteiger partial charge in [-0.3, -0.25) is 9.59 Å². The minimum Gasteiger partial charge on any atom is -0.481 e. The second-order valence-corrected chi connectivity index (χ2v) is 7.62. The number of nitrogens with zero attached hydrogens (tertiary/aromatic N) is 1. The fourth-order valence-corrected chi connectivity index (χ4v) is 3.57. The first kappa shape index (κ1) is 15.5. The van der Waals surface area contributed by atoms with Crippen molar-refractivity contribution in [3.8, 4) is 0 Å². The summed E-state index contributed by atoms with van der Waals surface area (Å²) in [4.78, 5) is 23.9. The van der Waals surface area contributed by atoms with Crippen LogP contribution in [0.15, 0.2) is 41.3 Å². The number of hydrogen-bond acceptors (Lipinski definition) is 4. The predicted octanol–water partition coefficient (Wildman–Crippen LogP) is 1.69. The van der Waals surface area contributed by atoms with Crippen LogP contribution in [0.25, 0.3) is 0 Å². The molecule has 120 valence electrons. The predicted molar refractivity (Wildman–Crippen MR) is 82.4 cm³/mol. The van der Waals surface area contributed by atoms with Gasteiger partial charge in [0.2, 0.25) is 5.78 Å². The van der Waals surface area contributed by atoms with Crippen molar-refractivity contribution in [3.05, 3.63) is 53.3 Å². The number of fused-ring (bicyclic) bond motifs is 1. The van der Waals surface area contributed by atoms with Crippen LogP contribution in [0.1, 0.15) is 34.1 Å². The smallest absolute Gasteiger partial charge is 0.312 e. The first-order chi connectivity index (χ1) is 10.8. The van der Waals surface area contributed by atoms with Gasteiger partial charge in [0, 0.05) is 24.1 Å². The Morgan fingerprint density at radius 2 is 1.96 bits per heavy atom. The first-order valence-corrected chi connectivity index (χ1v) is 8.95. The van der Waals surface area contributed by atoms with Crippen LogP contribution in [0.3, 0.4) is 0 Å². The molecule has 3 rings (SSSR count). The van der Waals surface area contributed by atoms with E-state index in [2.05, 4.69) is 0 Å². The topological polar surface area (TPSA) is 93.4 Å². The first-order valence-electron chi connectivity index (χ1n) is 7.06. The number of aliphatic carboxylic acids is 1. The summed E-state index contributed by atoms with van der Waals surface area (Å²) in [6, 6.07) is 9.12. The second-order valence-electron chi connectivity index (χ2n) is 5.60. The van der Waals surface area contributed by atoms with Crippen molar-refractivity contribution in [2.45, 2.75) is 23.8 Å². The average molecular weight is 333 g/mol. The molecule has 6 nitrogen and oxygen atoms in total. The zero-order valence-corrected chi connectivity index (χ0v) is 13.2. The Balaban J connectivity index is 2.00.